The second-order valence-corrected chi connectivity index (χ2v) is 7.67. The van der Waals surface area contributed by atoms with E-state index in [-0.39, 0.29) is 50.4 Å². The largest absolute Gasteiger partial charge is 0.328 e. The van der Waals surface area contributed by atoms with Gasteiger partial charge in [0.15, 0.2) is 0 Å². The number of alkyl halides is 2. The van der Waals surface area contributed by atoms with Crippen LogP contribution >= 0.6 is 0 Å². The second-order valence-electron chi connectivity index (χ2n) is 7.67. The first-order valence-electron chi connectivity index (χ1n) is 9.02. The number of hydrogen-bond acceptors (Lipinski definition) is 0. The average Bonchev–Trinajstić information content (AvgIpc) is 2.52. The minimum atomic E-state index is -1.23. The van der Waals surface area contributed by atoms with Crippen LogP contribution in [0.25, 0.3) is 0 Å². The molecule has 0 saturated heterocycles. The summed E-state index contributed by atoms with van der Waals surface area (Å²) in [6, 6.07) is 0. The van der Waals surface area contributed by atoms with E-state index in [1.807, 2.05) is 0 Å². The van der Waals surface area contributed by atoms with Crippen LogP contribution < -0.4 is 0 Å². The fourth-order valence-corrected chi connectivity index (χ4v) is 5.12. The van der Waals surface area contributed by atoms with Crippen molar-refractivity contribution < 1.29 is 41.5 Å². The van der Waals surface area contributed by atoms with E-state index in [1.165, 1.54) is 0 Å². The summed E-state index contributed by atoms with van der Waals surface area (Å²) in [6.07, 6.45) is 9.96. The molecule has 0 aliphatic heterocycles. The van der Waals surface area contributed by atoms with Crippen LogP contribution in [0.3, 0.4) is 0 Å². The molecule has 0 aromatic heterocycles. The van der Waals surface area contributed by atoms with Gasteiger partial charge < -0.3 is 6.42 Å². The molecule has 22 heavy (non-hydrogen) atoms. The number of halogens is 2. The van der Waals surface area contributed by atoms with Gasteiger partial charge in [-0.05, 0) is 36.5 Å². The maximum atomic E-state index is 14.7. The summed E-state index contributed by atoms with van der Waals surface area (Å²) in [6.45, 7) is 0. The summed E-state index contributed by atoms with van der Waals surface area (Å²) in [5.41, 5.74) is 0. The molecule has 0 N–H and O–H groups in total. The van der Waals surface area contributed by atoms with Crippen LogP contribution in [0.1, 0.15) is 64.2 Å². The molecule has 3 radical (unpaired) electrons. The maximum Gasteiger partial charge on any atom is 0.134 e. The van der Waals surface area contributed by atoms with Gasteiger partial charge in [0.05, 0.1) is 7.85 Å². The first-order chi connectivity index (χ1) is 10.2. The number of hydrogen-bond donors (Lipinski definition) is 0. The van der Waals surface area contributed by atoms with Crippen molar-refractivity contribution in [1.29, 1.82) is 0 Å². The molecule has 0 aromatic carbocycles. The molecular weight excluding hydrogens is 354 g/mol. The summed E-state index contributed by atoms with van der Waals surface area (Å²) in [4.78, 5) is 0. The molecule has 3 fully saturated rings. The molecule has 3 rings (SSSR count). The molecule has 121 valence electrons. The van der Waals surface area contributed by atoms with Crippen molar-refractivity contribution in [1.82, 2.24) is 0 Å². The van der Waals surface area contributed by atoms with E-state index in [4.69, 9.17) is 7.85 Å². The van der Waals surface area contributed by atoms with Gasteiger partial charge in [-0.3, -0.25) is 0 Å². The van der Waals surface area contributed by atoms with Crippen molar-refractivity contribution in [2.75, 3.05) is 0 Å². The van der Waals surface area contributed by atoms with E-state index < -0.39 is 12.3 Å². The van der Waals surface area contributed by atoms with Crippen molar-refractivity contribution in [2.24, 2.45) is 23.7 Å². The van der Waals surface area contributed by atoms with Gasteiger partial charge in [-0.1, -0.05) is 44.3 Å². The first kappa shape index (κ1) is 19.4. The van der Waals surface area contributed by atoms with Crippen LogP contribution in [0.4, 0.5) is 8.78 Å². The predicted molar refractivity (Wildman–Crippen MR) is 83.7 cm³/mol. The molecule has 0 bridgehead atoms. The Morgan fingerprint density at radius 3 is 1.64 bits per heavy atom. The van der Waals surface area contributed by atoms with Gasteiger partial charge in [-0.2, -0.15) is 12.8 Å². The Labute approximate surface area is 161 Å². The molecule has 3 aliphatic rings. The van der Waals surface area contributed by atoms with Crippen LogP contribution in [-0.2, 0) is 32.7 Å². The van der Waals surface area contributed by atoms with Crippen molar-refractivity contribution in [3.8, 4) is 0 Å². The first-order valence-corrected chi connectivity index (χ1v) is 9.02. The zero-order chi connectivity index (χ0) is 14.8. The predicted octanol–water partition coefficient (Wildman–Crippen LogP) is 5.23. The molecule has 4 atom stereocenters. The summed E-state index contributed by atoms with van der Waals surface area (Å²) in [7, 11) is 5.94. The Bertz CT molecular complexity index is 327. The van der Waals surface area contributed by atoms with Crippen molar-refractivity contribution >= 4 is 7.85 Å². The SMILES string of the molecule is [B]C1CCC(C2CCC(C3CC[CH-]CC3)C(F)C2F)CC1.[Y]. The quantitative estimate of drug-likeness (QED) is 0.453. The summed E-state index contributed by atoms with van der Waals surface area (Å²) >= 11 is 0. The van der Waals surface area contributed by atoms with Crippen LogP contribution in [0.2, 0.25) is 5.82 Å². The third-order valence-electron chi connectivity index (χ3n) is 6.47. The average molecular weight is 382 g/mol. The molecule has 0 amide bonds. The van der Waals surface area contributed by atoms with E-state index in [9.17, 15) is 8.78 Å². The standard InChI is InChI=1S/C18H28BF2.Y/c19-14-8-6-13(7-9-14)16-11-10-15(17(20)18(16)21)12-4-2-1-3-5-12;/h1,12-18H,2-11H2;/q-1;. The zero-order valence-electron chi connectivity index (χ0n) is 13.6. The third-order valence-corrected chi connectivity index (χ3v) is 6.47. The van der Waals surface area contributed by atoms with E-state index in [0.717, 1.165) is 64.2 Å². The molecule has 4 unspecified atom stereocenters. The monoisotopic (exact) mass is 382 g/mol. The Morgan fingerprint density at radius 2 is 1.14 bits per heavy atom. The molecule has 3 saturated carbocycles. The van der Waals surface area contributed by atoms with Crippen LogP contribution in [0.15, 0.2) is 0 Å². The molecule has 0 nitrogen and oxygen atoms in total. The molecule has 0 spiro atoms. The van der Waals surface area contributed by atoms with Crippen LogP contribution in [-0.4, -0.2) is 20.2 Å². The Hall–Kier alpha value is 1.03. The van der Waals surface area contributed by atoms with E-state index in [0.29, 0.717) is 11.8 Å². The fourth-order valence-electron chi connectivity index (χ4n) is 5.12. The molecule has 4 heteroatoms. The normalized spacial score (nSPS) is 44.3. The van der Waals surface area contributed by atoms with Gasteiger partial charge in [-0.25, -0.2) is 8.78 Å². The minimum Gasteiger partial charge on any atom is -0.328 e. The van der Waals surface area contributed by atoms with Gasteiger partial charge in [-0.15, -0.1) is 0 Å². The van der Waals surface area contributed by atoms with Crippen molar-refractivity contribution in [3.63, 3.8) is 0 Å². The van der Waals surface area contributed by atoms with Gasteiger partial charge in [0, 0.05) is 32.7 Å². The maximum absolute atomic E-state index is 14.7. The van der Waals surface area contributed by atoms with E-state index >= 15 is 0 Å². The topological polar surface area (TPSA) is 0 Å². The third kappa shape index (κ3) is 4.35. The number of rotatable bonds is 2. The molecule has 0 aromatic rings. The Morgan fingerprint density at radius 1 is 0.682 bits per heavy atom. The molecule has 0 heterocycles. The van der Waals surface area contributed by atoms with E-state index in [2.05, 4.69) is 6.42 Å². The Balaban J connectivity index is 0.00000176. The summed E-state index contributed by atoms with van der Waals surface area (Å²) in [5, 5.41) is 0. The summed E-state index contributed by atoms with van der Waals surface area (Å²) in [5.74, 6) is 1.02. The molecular formula is C18H28BF2Y-. The fraction of sp³-hybridized carbons (Fsp3) is 0.944. The van der Waals surface area contributed by atoms with Gasteiger partial charge >= 0.3 is 0 Å². The zero-order valence-corrected chi connectivity index (χ0v) is 16.4. The molecule has 3 aliphatic carbocycles. The van der Waals surface area contributed by atoms with Crippen molar-refractivity contribution in [2.45, 2.75) is 82.4 Å². The van der Waals surface area contributed by atoms with Crippen LogP contribution in [0.5, 0.6) is 0 Å². The van der Waals surface area contributed by atoms with Gasteiger partial charge in [0.25, 0.3) is 0 Å². The van der Waals surface area contributed by atoms with Gasteiger partial charge in [0.1, 0.15) is 12.3 Å². The van der Waals surface area contributed by atoms with Crippen LogP contribution in [0, 0.1) is 30.1 Å². The summed E-state index contributed by atoms with van der Waals surface area (Å²) < 4.78 is 29.4. The minimum absolute atomic E-state index is 0. The van der Waals surface area contributed by atoms with Crippen molar-refractivity contribution in [3.05, 3.63) is 6.42 Å². The Kier molecular flexibility index (Phi) is 7.86. The smallest absolute Gasteiger partial charge is 0.134 e. The second kappa shape index (κ2) is 8.93. The van der Waals surface area contributed by atoms with E-state index in [1.54, 1.807) is 0 Å². The van der Waals surface area contributed by atoms with Gasteiger partial charge in [0.2, 0.25) is 0 Å².